The van der Waals surface area contributed by atoms with Gasteiger partial charge in [0.05, 0.1) is 18.2 Å². The molecule has 2 rings (SSSR count). The molecule has 1 aromatic rings. The number of benzene rings is 1. The summed E-state index contributed by atoms with van der Waals surface area (Å²) < 4.78 is 5.49. The molecular formula is C18H25N3O2S. The van der Waals surface area contributed by atoms with E-state index in [2.05, 4.69) is 5.32 Å². The maximum Gasteiger partial charge on any atom is 0.338 e. The van der Waals surface area contributed by atoms with E-state index >= 15 is 0 Å². The fourth-order valence-corrected chi connectivity index (χ4v) is 3.07. The predicted octanol–water partition coefficient (Wildman–Crippen LogP) is 2.99. The number of carbonyl (C=O) groups excluding carboxylic acids is 1. The van der Waals surface area contributed by atoms with E-state index < -0.39 is 0 Å². The lowest BCUT2D eigenvalue weighted by Gasteiger charge is -2.37. The average molecular weight is 347 g/mol. The number of anilines is 1. The van der Waals surface area contributed by atoms with E-state index in [0.717, 1.165) is 11.3 Å². The van der Waals surface area contributed by atoms with Crippen molar-refractivity contribution in [1.29, 1.82) is 0 Å². The van der Waals surface area contributed by atoms with Crippen LogP contribution in [0.25, 0.3) is 0 Å². The second-order valence-corrected chi connectivity index (χ2v) is 6.67. The van der Waals surface area contributed by atoms with Gasteiger partial charge in [-0.05, 0) is 49.7 Å². The summed E-state index contributed by atoms with van der Waals surface area (Å²) in [7, 11) is 0. The maximum atomic E-state index is 12.7. The molecule has 0 aromatic heterocycles. The van der Waals surface area contributed by atoms with Crippen molar-refractivity contribution in [2.75, 3.05) is 18.9 Å². The maximum absolute atomic E-state index is 12.7. The molecule has 1 aliphatic rings. The molecule has 1 heterocycles. The van der Waals surface area contributed by atoms with Crippen molar-refractivity contribution < 1.29 is 9.53 Å². The minimum atomic E-state index is -0.333. The number of carbonyl (C=O) groups is 1. The Labute approximate surface area is 148 Å². The number of hydrogen-bond donors (Lipinski definition) is 2. The number of allylic oxidation sites excluding steroid dienone is 1. The SMILES string of the molecule is CCN1C(=S)N[C@H](c2ccc(N)cc2)C(C(=O)OCC(C)C)=C1C. The van der Waals surface area contributed by atoms with Crippen LogP contribution < -0.4 is 11.1 Å². The normalized spacial score (nSPS) is 18.0. The Kier molecular flexibility index (Phi) is 5.83. The summed E-state index contributed by atoms with van der Waals surface area (Å²) in [6.45, 7) is 9.01. The van der Waals surface area contributed by atoms with Crippen molar-refractivity contribution in [3.05, 3.63) is 41.1 Å². The van der Waals surface area contributed by atoms with Crippen molar-refractivity contribution in [3.8, 4) is 0 Å². The smallest absolute Gasteiger partial charge is 0.338 e. The van der Waals surface area contributed by atoms with Gasteiger partial charge >= 0.3 is 5.97 Å². The fourth-order valence-electron chi connectivity index (χ4n) is 2.69. The number of esters is 1. The lowest BCUT2D eigenvalue weighted by Crippen LogP contribution is -2.47. The Morgan fingerprint density at radius 3 is 2.54 bits per heavy atom. The molecule has 1 atom stereocenters. The van der Waals surface area contributed by atoms with Crippen LogP contribution in [-0.4, -0.2) is 29.1 Å². The molecule has 24 heavy (non-hydrogen) atoms. The van der Waals surface area contributed by atoms with Gasteiger partial charge in [-0.3, -0.25) is 0 Å². The van der Waals surface area contributed by atoms with Crippen LogP contribution in [0.5, 0.6) is 0 Å². The quantitative estimate of drug-likeness (QED) is 0.485. The molecule has 3 N–H and O–H groups in total. The number of nitrogens with one attached hydrogen (secondary N) is 1. The van der Waals surface area contributed by atoms with Crippen molar-refractivity contribution in [2.45, 2.75) is 33.7 Å². The summed E-state index contributed by atoms with van der Waals surface area (Å²) in [6.07, 6.45) is 0. The number of rotatable bonds is 5. The predicted molar refractivity (Wildman–Crippen MR) is 100 cm³/mol. The van der Waals surface area contributed by atoms with E-state index in [1.807, 2.05) is 56.9 Å². The van der Waals surface area contributed by atoms with Gasteiger partial charge in [-0.25, -0.2) is 4.79 Å². The summed E-state index contributed by atoms with van der Waals surface area (Å²) in [5.41, 5.74) is 8.80. The summed E-state index contributed by atoms with van der Waals surface area (Å²) in [5.74, 6) is -0.0267. The number of thiocarbonyl (C=S) groups is 1. The third kappa shape index (κ3) is 3.87. The summed E-state index contributed by atoms with van der Waals surface area (Å²) >= 11 is 5.46. The Bertz CT molecular complexity index is 653. The van der Waals surface area contributed by atoms with Gasteiger partial charge in [0.25, 0.3) is 0 Å². The third-order valence-electron chi connectivity index (χ3n) is 3.95. The molecule has 130 valence electrons. The second kappa shape index (κ2) is 7.66. The van der Waals surface area contributed by atoms with Gasteiger partial charge < -0.3 is 20.7 Å². The Balaban J connectivity index is 2.42. The summed E-state index contributed by atoms with van der Waals surface area (Å²) in [5, 5.41) is 3.87. The highest BCUT2D eigenvalue weighted by Gasteiger charge is 2.34. The summed E-state index contributed by atoms with van der Waals surface area (Å²) in [4.78, 5) is 14.6. The Morgan fingerprint density at radius 1 is 1.38 bits per heavy atom. The minimum absolute atomic E-state index is 0.282. The van der Waals surface area contributed by atoms with Crippen molar-refractivity contribution in [2.24, 2.45) is 5.92 Å². The molecule has 0 unspecified atom stereocenters. The molecule has 0 radical (unpaired) electrons. The minimum Gasteiger partial charge on any atom is -0.462 e. The van der Waals surface area contributed by atoms with E-state index in [-0.39, 0.29) is 17.9 Å². The molecule has 0 amide bonds. The molecule has 6 heteroatoms. The van der Waals surface area contributed by atoms with Gasteiger partial charge in [0.15, 0.2) is 5.11 Å². The highest BCUT2D eigenvalue weighted by molar-refractivity contribution is 7.80. The van der Waals surface area contributed by atoms with Crippen molar-refractivity contribution in [3.63, 3.8) is 0 Å². The molecular weight excluding hydrogens is 322 g/mol. The van der Waals surface area contributed by atoms with Crippen LogP contribution in [0.2, 0.25) is 0 Å². The topological polar surface area (TPSA) is 67.6 Å². The van der Waals surface area contributed by atoms with Crippen LogP contribution in [0, 0.1) is 5.92 Å². The zero-order valence-corrected chi connectivity index (χ0v) is 15.4. The lowest BCUT2D eigenvalue weighted by atomic mass is 9.95. The van der Waals surface area contributed by atoms with Gasteiger partial charge in [-0.15, -0.1) is 0 Å². The van der Waals surface area contributed by atoms with Crippen LogP contribution in [0.1, 0.15) is 39.3 Å². The monoisotopic (exact) mass is 347 g/mol. The molecule has 0 aliphatic carbocycles. The standard InChI is InChI=1S/C18H25N3O2S/c1-5-21-12(4)15(17(22)23-10-11(2)3)16(20-18(21)24)13-6-8-14(19)9-7-13/h6-9,11,16H,5,10,19H2,1-4H3,(H,20,24)/t16-/m1/s1. The van der Waals surface area contributed by atoms with Crippen LogP contribution >= 0.6 is 12.2 Å². The number of hydrogen-bond acceptors (Lipinski definition) is 4. The molecule has 0 spiro atoms. The zero-order valence-electron chi connectivity index (χ0n) is 14.6. The average Bonchev–Trinajstić information content (AvgIpc) is 2.53. The first-order valence-corrected chi connectivity index (χ1v) is 8.57. The van der Waals surface area contributed by atoms with E-state index in [1.165, 1.54) is 0 Å². The van der Waals surface area contributed by atoms with Gasteiger partial charge in [0, 0.05) is 17.9 Å². The first-order valence-electron chi connectivity index (χ1n) is 8.16. The highest BCUT2D eigenvalue weighted by Crippen LogP contribution is 2.31. The van der Waals surface area contributed by atoms with Crippen LogP contribution in [0.3, 0.4) is 0 Å². The van der Waals surface area contributed by atoms with E-state index in [1.54, 1.807) is 0 Å². The van der Waals surface area contributed by atoms with E-state index in [0.29, 0.717) is 29.5 Å². The van der Waals surface area contributed by atoms with Gasteiger partial charge in [-0.2, -0.15) is 0 Å². The number of nitrogen functional groups attached to an aromatic ring is 1. The summed E-state index contributed by atoms with van der Waals surface area (Å²) in [6, 6.07) is 7.11. The molecule has 1 aromatic carbocycles. The van der Waals surface area contributed by atoms with Crippen molar-refractivity contribution >= 4 is 29.0 Å². The Morgan fingerprint density at radius 2 is 2.00 bits per heavy atom. The van der Waals surface area contributed by atoms with Crippen LogP contribution in [0.15, 0.2) is 35.5 Å². The van der Waals surface area contributed by atoms with Gasteiger partial charge in [0.1, 0.15) is 0 Å². The molecule has 0 bridgehead atoms. The molecule has 0 saturated carbocycles. The molecule has 5 nitrogen and oxygen atoms in total. The van der Waals surface area contributed by atoms with E-state index in [9.17, 15) is 4.79 Å². The number of nitrogens with two attached hydrogens (primary N) is 1. The van der Waals surface area contributed by atoms with Gasteiger partial charge in [-0.1, -0.05) is 26.0 Å². The number of ether oxygens (including phenoxy) is 1. The second-order valence-electron chi connectivity index (χ2n) is 6.28. The number of nitrogens with zero attached hydrogens (tertiary/aromatic N) is 1. The van der Waals surface area contributed by atoms with E-state index in [4.69, 9.17) is 22.7 Å². The zero-order chi connectivity index (χ0) is 17.9. The third-order valence-corrected chi connectivity index (χ3v) is 4.29. The first kappa shape index (κ1) is 18.3. The fraction of sp³-hybridized carbons (Fsp3) is 0.444. The molecule has 0 fully saturated rings. The first-order chi connectivity index (χ1) is 11.3. The largest absolute Gasteiger partial charge is 0.462 e. The van der Waals surface area contributed by atoms with Crippen molar-refractivity contribution in [1.82, 2.24) is 10.2 Å². The van der Waals surface area contributed by atoms with Crippen LogP contribution in [0.4, 0.5) is 5.69 Å². The highest BCUT2D eigenvalue weighted by atomic mass is 32.1. The molecule has 1 aliphatic heterocycles. The Hall–Kier alpha value is -2.08. The van der Waals surface area contributed by atoms with Gasteiger partial charge in [0.2, 0.25) is 0 Å². The molecule has 0 saturated heterocycles. The lowest BCUT2D eigenvalue weighted by molar-refractivity contribution is -0.140. The van der Waals surface area contributed by atoms with Crippen LogP contribution in [-0.2, 0) is 9.53 Å².